The molecule has 2 aromatic rings. The van der Waals surface area contributed by atoms with Crippen LogP contribution >= 0.6 is 24.2 Å². The number of benzene rings is 2. The Morgan fingerprint density at radius 3 is 2.36 bits per heavy atom. The molecule has 12 heteroatoms. The summed E-state index contributed by atoms with van der Waals surface area (Å²) in [6, 6.07) is 9.71. The average Bonchev–Trinajstić information content (AvgIpc) is 3.26. The molecule has 5 rings (SSSR count). The maximum Gasteiger partial charge on any atom is 0.262 e. The van der Waals surface area contributed by atoms with Gasteiger partial charge in [-0.05, 0) is 56.1 Å². The first kappa shape index (κ1) is 32.0. The molecule has 234 valence electrons. The number of amides is 5. The van der Waals surface area contributed by atoms with E-state index in [0.717, 1.165) is 81.8 Å². The number of carbonyl (C=O) groups excluding carboxylic acids is 5. The van der Waals surface area contributed by atoms with Gasteiger partial charge in [-0.3, -0.25) is 39.1 Å². The number of rotatable bonds is 12. The third-order valence-electron chi connectivity index (χ3n) is 8.54. The first-order valence-corrected chi connectivity index (χ1v) is 16.2. The van der Waals surface area contributed by atoms with E-state index in [4.69, 9.17) is 11.6 Å². The van der Waals surface area contributed by atoms with E-state index in [2.05, 4.69) is 33.1 Å². The van der Waals surface area contributed by atoms with Gasteiger partial charge in [-0.2, -0.15) is 0 Å². The number of thiol groups is 1. The summed E-state index contributed by atoms with van der Waals surface area (Å²) in [5.74, 6) is -1.98. The number of piperazine rings is 1. The number of hydrogen-bond acceptors (Lipinski definition) is 8. The van der Waals surface area contributed by atoms with Crippen molar-refractivity contribution < 1.29 is 24.0 Å². The smallest absolute Gasteiger partial charge is 0.262 e. The fourth-order valence-electron chi connectivity index (χ4n) is 6.04. The van der Waals surface area contributed by atoms with Crippen molar-refractivity contribution in [2.75, 3.05) is 42.9 Å². The highest BCUT2D eigenvalue weighted by atomic mass is 35.5. The standard InChI is InChI=1S/C32H38ClN5O5S/c33-29-24(8-7-9-26(29)44)34-27(39)10-5-3-1-2-4-6-15-36-16-18-37(19-17-36)21-11-12-22-23(20-21)32(43)38(31(22)42)25-13-14-28(40)35-30(25)41/h7-9,11-12,20,25,44H,1-6,10,13-19H2,(H,34,39)(H,35,40,41). The fourth-order valence-corrected chi connectivity index (χ4v) is 6.42. The van der Waals surface area contributed by atoms with Crippen molar-refractivity contribution in [3.05, 3.63) is 52.5 Å². The molecular weight excluding hydrogens is 602 g/mol. The van der Waals surface area contributed by atoms with Gasteiger partial charge >= 0.3 is 0 Å². The number of anilines is 2. The number of fused-ring (bicyclic) bond motifs is 1. The summed E-state index contributed by atoms with van der Waals surface area (Å²) in [6.45, 7) is 4.52. The van der Waals surface area contributed by atoms with Gasteiger partial charge in [-0.25, -0.2) is 0 Å². The second-order valence-electron chi connectivity index (χ2n) is 11.6. The van der Waals surface area contributed by atoms with E-state index < -0.39 is 23.8 Å². The Bertz CT molecular complexity index is 1440. The molecule has 0 bridgehead atoms. The van der Waals surface area contributed by atoms with Gasteiger partial charge in [0, 0.05) is 49.6 Å². The van der Waals surface area contributed by atoms with Crippen LogP contribution in [0.2, 0.25) is 5.02 Å². The Hall–Kier alpha value is -3.41. The van der Waals surface area contributed by atoms with Crippen molar-refractivity contribution in [1.82, 2.24) is 15.1 Å². The van der Waals surface area contributed by atoms with Crippen LogP contribution in [0.3, 0.4) is 0 Å². The predicted octanol–water partition coefficient (Wildman–Crippen LogP) is 4.52. The van der Waals surface area contributed by atoms with Crippen molar-refractivity contribution in [2.24, 2.45) is 0 Å². The van der Waals surface area contributed by atoms with E-state index in [1.165, 1.54) is 0 Å². The molecule has 2 N–H and O–H groups in total. The molecule has 5 amide bonds. The van der Waals surface area contributed by atoms with E-state index in [-0.39, 0.29) is 24.7 Å². The zero-order chi connectivity index (χ0) is 31.2. The lowest BCUT2D eigenvalue weighted by Gasteiger charge is -2.36. The highest BCUT2D eigenvalue weighted by Crippen LogP contribution is 2.31. The number of hydrogen-bond donors (Lipinski definition) is 3. The van der Waals surface area contributed by atoms with Gasteiger partial charge in [0.05, 0.1) is 21.8 Å². The summed E-state index contributed by atoms with van der Waals surface area (Å²) in [6.07, 6.45) is 7.13. The molecule has 10 nitrogen and oxygen atoms in total. The minimum atomic E-state index is -0.958. The number of unbranched alkanes of at least 4 members (excludes halogenated alkanes) is 5. The van der Waals surface area contributed by atoms with Crippen molar-refractivity contribution in [2.45, 2.75) is 68.7 Å². The first-order valence-electron chi connectivity index (χ1n) is 15.3. The monoisotopic (exact) mass is 639 g/mol. The van der Waals surface area contributed by atoms with Crippen LogP contribution in [-0.2, 0) is 14.4 Å². The summed E-state index contributed by atoms with van der Waals surface area (Å²) in [7, 11) is 0. The summed E-state index contributed by atoms with van der Waals surface area (Å²) in [5, 5.41) is 5.55. The number of nitrogens with one attached hydrogen (secondary N) is 2. The number of carbonyl (C=O) groups is 5. The van der Waals surface area contributed by atoms with Crippen molar-refractivity contribution in [1.29, 1.82) is 0 Å². The number of piperidine rings is 1. The van der Waals surface area contributed by atoms with Gasteiger partial charge in [-0.15, -0.1) is 12.6 Å². The van der Waals surface area contributed by atoms with E-state index in [9.17, 15) is 24.0 Å². The Labute approximate surface area is 267 Å². The molecule has 3 aliphatic rings. The molecule has 1 unspecified atom stereocenters. The van der Waals surface area contributed by atoms with Gasteiger partial charge < -0.3 is 10.2 Å². The third-order valence-corrected chi connectivity index (χ3v) is 9.45. The molecular formula is C32H38ClN5O5S. The summed E-state index contributed by atoms with van der Waals surface area (Å²) in [5.41, 5.74) is 2.10. The second kappa shape index (κ2) is 14.6. The highest BCUT2D eigenvalue weighted by Gasteiger charge is 2.44. The molecule has 44 heavy (non-hydrogen) atoms. The first-order chi connectivity index (χ1) is 21.2. The molecule has 2 saturated heterocycles. The molecule has 0 aliphatic carbocycles. The lowest BCUT2D eigenvalue weighted by Crippen LogP contribution is -2.54. The SMILES string of the molecule is O=C1CCC(N2C(=O)c3ccc(N4CCN(CCCCCCCCC(=O)Nc5cccc(S)c5Cl)CC4)cc3C2=O)C(=O)N1. The largest absolute Gasteiger partial charge is 0.369 e. The Balaban J connectivity index is 0.975. The molecule has 1 atom stereocenters. The number of halogens is 1. The lowest BCUT2D eigenvalue weighted by molar-refractivity contribution is -0.136. The van der Waals surface area contributed by atoms with Gasteiger partial charge in [0.15, 0.2) is 0 Å². The fraction of sp³-hybridized carbons (Fsp3) is 0.469. The average molecular weight is 640 g/mol. The zero-order valence-electron chi connectivity index (χ0n) is 24.6. The van der Waals surface area contributed by atoms with E-state index >= 15 is 0 Å². The minimum absolute atomic E-state index is 0.0286. The van der Waals surface area contributed by atoms with Crippen molar-refractivity contribution in [3.63, 3.8) is 0 Å². The quantitative estimate of drug-likeness (QED) is 0.178. The van der Waals surface area contributed by atoms with Crippen LogP contribution in [0.4, 0.5) is 11.4 Å². The molecule has 2 aromatic carbocycles. The molecule has 3 heterocycles. The molecule has 2 fully saturated rings. The van der Waals surface area contributed by atoms with Crippen LogP contribution in [0.5, 0.6) is 0 Å². The molecule has 0 aromatic heterocycles. The van der Waals surface area contributed by atoms with Crippen LogP contribution in [-0.4, -0.2) is 78.1 Å². The Morgan fingerprint density at radius 2 is 1.61 bits per heavy atom. The lowest BCUT2D eigenvalue weighted by atomic mass is 10.0. The number of nitrogens with zero attached hydrogens (tertiary/aromatic N) is 3. The van der Waals surface area contributed by atoms with Crippen LogP contribution in [0.15, 0.2) is 41.3 Å². The maximum atomic E-state index is 13.2. The normalized spacial score (nSPS) is 18.9. The zero-order valence-corrected chi connectivity index (χ0v) is 26.3. The second-order valence-corrected chi connectivity index (χ2v) is 12.4. The highest BCUT2D eigenvalue weighted by molar-refractivity contribution is 7.80. The topological polar surface area (TPSA) is 119 Å². The van der Waals surface area contributed by atoms with Crippen molar-refractivity contribution in [3.8, 4) is 0 Å². The Morgan fingerprint density at radius 1 is 0.909 bits per heavy atom. The number of imide groups is 2. The van der Waals surface area contributed by atoms with Gasteiger partial charge in [0.2, 0.25) is 17.7 Å². The Kier molecular flexibility index (Phi) is 10.6. The summed E-state index contributed by atoms with van der Waals surface area (Å²) >= 11 is 10.5. The minimum Gasteiger partial charge on any atom is -0.369 e. The van der Waals surface area contributed by atoms with Crippen LogP contribution in [0, 0.1) is 0 Å². The van der Waals surface area contributed by atoms with Gasteiger partial charge in [-0.1, -0.05) is 43.4 Å². The van der Waals surface area contributed by atoms with Crippen LogP contribution in [0.1, 0.15) is 78.5 Å². The molecule has 0 saturated carbocycles. The van der Waals surface area contributed by atoms with E-state index in [0.29, 0.717) is 33.2 Å². The van der Waals surface area contributed by atoms with E-state index in [1.807, 2.05) is 12.1 Å². The van der Waals surface area contributed by atoms with Gasteiger partial charge in [0.1, 0.15) is 6.04 Å². The van der Waals surface area contributed by atoms with Crippen molar-refractivity contribution >= 4 is 65.1 Å². The predicted molar refractivity (Wildman–Crippen MR) is 171 cm³/mol. The summed E-state index contributed by atoms with van der Waals surface area (Å²) < 4.78 is 0. The summed E-state index contributed by atoms with van der Waals surface area (Å²) in [4.78, 5) is 68.5. The van der Waals surface area contributed by atoms with Gasteiger partial charge in [0.25, 0.3) is 11.8 Å². The maximum absolute atomic E-state index is 13.2. The molecule has 0 spiro atoms. The van der Waals surface area contributed by atoms with Crippen LogP contribution < -0.4 is 15.5 Å². The molecule has 3 aliphatic heterocycles. The van der Waals surface area contributed by atoms with Crippen LogP contribution in [0.25, 0.3) is 0 Å². The van der Waals surface area contributed by atoms with E-state index in [1.54, 1.807) is 24.3 Å². The molecule has 0 radical (unpaired) electrons. The third kappa shape index (κ3) is 7.44.